The zero-order valence-corrected chi connectivity index (χ0v) is 27.4. The second kappa shape index (κ2) is 11.4. The third kappa shape index (κ3) is 5.68. The normalized spacial score (nSPS) is 12.0. The zero-order valence-electron chi connectivity index (χ0n) is 24.2. The van der Waals surface area contributed by atoms with Gasteiger partial charge in [0.25, 0.3) is 0 Å². The van der Waals surface area contributed by atoms with Gasteiger partial charge in [0.15, 0.2) is 0 Å². The number of benzene rings is 4. The highest BCUT2D eigenvalue weighted by Crippen LogP contribution is 2.36. The van der Waals surface area contributed by atoms with Crippen LogP contribution in [0.1, 0.15) is 41.8 Å². The molecule has 0 radical (unpaired) electrons. The van der Waals surface area contributed by atoms with Crippen molar-refractivity contribution >= 4 is 110 Å². The van der Waals surface area contributed by atoms with E-state index in [1.54, 1.807) is 22.7 Å². The summed E-state index contributed by atoms with van der Waals surface area (Å²) < 4.78 is 5.21. The highest BCUT2D eigenvalue weighted by Gasteiger charge is 2.08. The van der Waals surface area contributed by atoms with Crippen LogP contribution >= 0.6 is 45.3 Å². The van der Waals surface area contributed by atoms with E-state index in [9.17, 15) is 0 Å². The number of aryl methyl sites for hydroxylation is 2. The Bertz CT molecular complexity index is 2170. The fraction of sp³-hybridized carbons (Fsp3) is 0.0500. The van der Waals surface area contributed by atoms with Gasteiger partial charge in [0, 0.05) is 28.6 Å². The van der Waals surface area contributed by atoms with Gasteiger partial charge in [-0.25, -0.2) is 0 Å². The minimum absolute atomic E-state index is 1.11. The van der Waals surface area contributed by atoms with Gasteiger partial charge in [-0.1, -0.05) is 71.8 Å². The molecule has 8 rings (SSSR count). The van der Waals surface area contributed by atoms with Crippen molar-refractivity contribution in [2.75, 3.05) is 0 Å². The smallest absolute Gasteiger partial charge is 0.0785 e. The molecular formula is C40H26S4. The first-order chi connectivity index (χ1) is 21.5. The standard InChI is InChI=1S/C40H26S4/c1-25-3-7-27(8-4-25)11-13-33-17-29-21-39-31(23-37(29)41-33)19-35(43-39)15-16-36-20-32-24-38-30(22-40(32)44-36)18-34(42-38)14-12-28-9-5-26(2)6-10-28/h3-14,17-24H,1-2H3/b13-11+,14-12+. The van der Waals surface area contributed by atoms with Crippen molar-refractivity contribution in [1.29, 1.82) is 0 Å². The molecule has 0 unspecified atom stereocenters. The number of rotatable bonds is 4. The van der Waals surface area contributed by atoms with Crippen LogP contribution in [0.2, 0.25) is 0 Å². The number of fused-ring (bicyclic) bond motifs is 4. The fourth-order valence-corrected chi connectivity index (χ4v) is 9.20. The van der Waals surface area contributed by atoms with Crippen LogP contribution in [0.3, 0.4) is 0 Å². The van der Waals surface area contributed by atoms with Gasteiger partial charge in [-0.15, -0.1) is 45.3 Å². The van der Waals surface area contributed by atoms with Crippen molar-refractivity contribution in [3.8, 4) is 11.8 Å². The minimum Gasteiger partial charge on any atom is -0.136 e. The quantitative estimate of drug-likeness (QED) is 0.169. The Morgan fingerprint density at radius 1 is 0.409 bits per heavy atom. The summed E-state index contributed by atoms with van der Waals surface area (Å²) in [6, 6.07) is 35.6. The van der Waals surface area contributed by atoms with E-state index in [-0.39, 0.29) is 0 Å². The maximum Gasteiger partial charge on any atom is 0.0785 e. The monoisotopic (exact) mass is 634 g/mol. The molecule has 4 heteroatoms. The summed E-state index contributed by atoms with van der Waals surface area (Å²) in [7, 11) is 0. The topological polar surface area (TPSA) is 0 Å². The second-order valence-corrected chi connectivity index (χ2v) is 15.5. The molecule has 0 nitrogen and oxygen atoms in total. The molecule has 0 bridgehead atoms. The fourth-order valence-electron chi connectivity index (χ4n) is 5.31. The largest absolute Gasteiger partial charge is 0.136 e. The molecule has 4 aromatic carbocycles. The Hall–Kier alpha value is -4.24. The van der Waals surface area contributed by atoms with Gasteiger partial charge in [-0.05, 0) is 119 Å². The average Bonchev–Trinajstić information content (AvgIpc) is 3.80. The van der Waals surface area contributed by atoms with Gasteiger partial charge in [0.05, 0.1) is 9.75 Å². The number of thiophene rings is 4. The zero-order chi connectivity index (χ0) is 29.6. The molecule has 0 aliphatic rings. The van der Waals surface area contributed by atoms with Crippen molar-refractivity contribution in [2.24, 2.45) is 0 Å². The summed E-state index contributed by atoms with van der Waals surface area (Å²) in [5.74, 6) is 6.91. The van der Waals surface area contributed by atoms with Gasteiger partial charge < -0.3 is 0 Å². The van der Waals surface area contributed by atoms with E-state index in [0.717, 1.165) is 9.75 Å². The van der Waals surface area contributed by atoms with E-state index >= 15 is 0 Å². The molecule has 0 amide bonds. The van der Waals surface area contributed by atoms with Crippen LogP contribution in [-0.4, -0.2) is 0 Å². The van der Waals surface area contributed by atoms with E-state index in [1.165, 1.54) is 72.4 Å². The van der Waals surface area contributed by atoms with Crippen LogP contribution in [0.25, 0.3) is 64.6 Å². The summed E-state index contributed by atoms with van der Waals surface area (Å²) in [5.41, 5.74) is 5.03. The number of hydrogen-bond acceptors (Lipinski definition) is 4. The molecule has 0 N–H and O–H groups in total. The third-order valence-electron chi connectivity index (χ3n) is 7.69. The molecule has 44 heavy (non-hydrogen) atoms. The third-order valence-corrected chi connectivity index (χ3v) is 11.8. The molecule has 4 heterocycles. The van der Waals surface area contributed by atoms with Crippen LogP contribution in [-0.2, 0) is 0 Å². The molecule has 0 saturated carbocycles. The SMILES string of the molecule is Cc1ccc(/C=C/c2cc3cc4sc(C#Cc5cc6cc7sc(/C=C/c8ccc(C)cc8)cc7cc6s5)cc4cc3s2)cc1. The van der Waals surface area contributed by atoms with E-state index < -0.39 is 0 Å². The van der Waals surface area contributed by atoms with Crippen LogP contribution in [0, 0.1) is 25.7 Å². The Morgan fingerprint density at radius 3 is 1.18 bits per heavy atom. The van der Waals surface area contributed by atoms with Crippen LogP contribution < -0.4 is 0 Å². The van der Waals surface area contributed by atoms with Gasteiger partial charge in [-0.3, -0.25) is 0 Å². The minimum atomic E-state index is 1.11. The molecule has 8 aromatic rings. The Kier molecular flexibility index (Phi) is 7.05. The molecule has 0 aliphatic heterocycles. The van der Waals surface area contributed by atoms with Crippen molar-refractivity contribution in [1.82, 2.24) is 0 Å². The van der Waals surface area contributed by atoms with E-state index in [2.05, 4.69) is 147 Å². The number of hydrogen-bond donors (Lipinski definition) is 0. The second-order valence-electron chi connectivity index (χ2n) is 11.1. The molecule has 0 aliphatic carbocycles. The molecule has 0 fully saturated rings. The molecule has 4 aromatic heterocycles. The van der Waals surface area contributed by atoms with E-state index in [1.807, 2.05) is 22.7 Å². The Balaban J connectivity index is 1.01. The Morgan fingerprint density at radius 2 is 0.773 bits per heavy atom. The van der Waals surface area contributed by atoms with Crippen molar-refractivity contribution in [2.45, 2.75) is 13.8 Å². The maximum absolute atomic E-state index is 3.46. The predicted octanol–water partition coefficient (Wildman–Crippen LogP) is 12.9. The lowest BCUT2D eigenvalue weighted by atomic mass is 10.1. The van der Waals surface area contributed by atoms with Gasteiger partial charge >= 0.3 is 0 Å². The van der Waals surface area contributed by atoms with Crippen molar-refractivity contribution < 1.29 is 0 Å². The van der Waals surface area contributed by atoms with E-state index in [0.29, 0.717) is 0 Å². The summed E-state index contributed by atoms with van der Waals surface area (Å²) in [6.45, 7) is 4.24. The van der Waals surface area contributed by atoms with Crippen molar-refractivity contribution in [3.05, 3.63) is 139 Å². The lowest BCUT2D eigenvalue weighted by Gasteiger charge is -1.93. The summed E-state index contributed by atoms with van der Waals surface area (Å²) in [5, 5.41) is 5.13. The maximum atomic E-state index is 3.46. The predicted molar refractivity (Wildman–Crippen MR) is 201 cm³/mol. The molecule has 0 spiro atoms. The Labute approximate surface area is 272 Å². The summed E-state index contributed by atoms with van der Waals surface area (Å²) in [4.78, 5) is 4.77. The molecule has 0 atom stereocenters. The lowest BCUT2D eigenvalue weighted by Crippen LogP contribution is -1.72. The molecule has 210 valence electrons. The lowest BCUT2D eigenvalue weighted by molar-refractivity contribution is 1.46. The van der Waals surface area contributed by atoms with Crippen LogP contribution in [0.15, 0.2) is 97.1 Å². The highest BCUT2D eigenvalue weighted by atomic mass is 32.1. The summed E-state index contributed by atoms with van der Waals surface area (Å²) >= 11 is 7.24. The van der Waals surface area contributed by atoms with Gasteiger partial charge in [0.2, 0.25) is 0 Å². The van der Waals surface area contributed by atoms with Crippen LogP contribution in [0.4, 0.5) is 0 Å². The van der Waals surface area contributed by atoms with Gasteiger partial charge in [0.1, 0.15) is 0 Å². The van der Waals surface area contributed by atoms with Gasteiger partial charge in [-0.2, -0.15) is 0 Å². The first-order valence-corrected chi connectivity index (χ1v) is 17.7. The summed E-state index contributed by atoms with van der Waals surface area (Å²) in [6.07, 6.45) is 8.83. The molecular weight excluding hydrogens is 609 g/mol. The van der Waals surface area contributed by atoms with E-state index in [4.69, 9.17) is 0 Å². The first kappa shape index (κ1) is 27.3. The average molecular weight is 635 g/mol. The molecule has 0 saturated heterocycles. The first-order valence-electron chi connectivity index (χ1n) is 14.5. The van der Waals surface area contributed by atoms with Crippen molar-refractivity contribution in [3.63, 3.8) is 0 Å². The van der Waals surface area contributed by atoms with Crippen LogP contribution in [0.5, 0.6) is 0 Å². The highest BCUT2D eigenvalue weighted by molar-refractivity contribution is 7.22.